The van der Waals surface area contributed by atoms with Gasteiger partial charge in [-0.2, -0.15) is 0 Å². The Kier molecular flexibility index (Phi) is 5.45. The van der Waals surface area contributed by atoms with Crippen molar-refractivity contribution >= 4 is 11.3 Å². The molecule has 0 fully saturated rings. The lowest BCUT2D eigenvalue weighted by Gasteiger charge is -2.02. The van der Waals surface area contributed by atoms with Gasteiger partial charge < -0.3 is 14.6 Å². The van der Waals surface area contributed by atoms with Crippen LogP contribution in [0.1, 0.15) is 10.4 Å². The highest BCUT2D eigenvalue weighted by Gasteiger charge is 1.98. The number of ether oxygens (including phenoxy) is 1. The molecule has 0 atom stereocenters. The molecule has 98 valence electrons. The molecule has 0 saturated heterocycles. The van der Waals surface area contributed by atoms with Crippen LogP contribution in [0.5, 0.6) is 0 Å². The fourth-order valence-corrected chi connectivity index (χ4v) is 2.53. The second-order valence-corrected chi connectivity index (χ2v) is 5.29. The van der Waals surface area contributed by atoms with E-state index in [2.05, 4.69) is 45.9 Å². The summed E-state index contributed by atoms with van der Waals surface area (Å²) >= 11 is 1.83. The van der Waals surface area contributed by atoms with Crippen molar-refractivity contribution < 1.29 is 4.74 Å². The van der Waals surface area contributed by atoms with Crippen molar-refractivity contribution in [2.24, 2.45) is 0 Å². The topological polar surface area (TPSA) is 26.2 Å². The molecule has 18 heavy (non-hydrogen) atoms. The standard InChI is InChI=1S/C14H20N2OS/c1-17-9-6-15-11-13-4-7-16(12-13)8-5-14-3-2-10-18-14/h2-4,7,10,12,15H,5-6,8-9,11H2,1H3. The maximum atomic E-state index is 5.00. The summed E-state index contributed by atoms with van der Waals surface area (Å²) in [5.74, 6) is 0. The second-order valence-electron chi connectivity index (χ2n) is 4.26. The van der Waals surface area contributed by atoms with Gasteiger partial charge in [-0.25, -0.2) is 0 Å². The normalized spacial score (nSPS) is 10.9. The van der Waals surface area contributed by atoms with Gasteiger partial charge in [0.15, 0.2) is 0 Å². The highest BCUT2D eigenvalue weighted by molar-refractivity contribution is 7.09. The van der Waals surface area contributed by atoms with E-state index in [1.54, 1.807) is 7.11 Å². The molecule has 2 aromatic heterocycles. The van der Waals surface area contributed by atoms with E-state index in [0.29, 0.717) is 0 Å². The Bertz CT molecular complexity index is 436. The zero-order valence-corrected chi connectivity index (χ0v) is 11.6. The average Bonchev–Trinajstić information content (AvgIpc) is 3.03. The minimum atomic E-state index is 0.763. The van der Waals surface area contributed by atoms with Gasteiger partial charge in [-0.15, -0.1) is 11.3 Å². The van der Waals surface area contributed by atoms with Crippen LogP contribution in [-0.4, -0.2) is 24.8 Å². The van der Waals surface area contributed by atoms with Crippen LogP contribution in [0.4, 0.5) is 0 Å². The Morgan fingerprint density at radius 3 is 3.11 bits per heavy atom. The molecule has 0 aliphatic carbocycles. The van der Waals surface area contributed by atoms with Gasteiger partial charge in [0.25, 0.3) is 0 Å². The molecule has 1 N–H and O–H groups in total. The van der Waals surface area contributed by atoms with Gasteiger partial charge in [-0.1, -0.05) is 6.07 Å². The Balaban J connectivity index is 1.72. The van der Waals surface area contributed by atoms with Crippen molar-refractivity contribution in [3.63, 3.8) is 0 Å². The van der Waals surface area contributed by atoms with Crippen molar-refractivity contribution in [2.75, 3.05) is 20.3 Å². The molecule has 0 spiro atoms. The predicted octanol–water partition coefficient (Wildman–Crippen LogP) is 2.53. The van der Waals surface area contributed by atoms with Crippen LogP contribution < -0.4 is 5.32 Å². The van der Waals surface area contributed by atoms with Crippen molar-refractivity contribution in [3.8, 4) is 0 Å². The number of hydrogen-bond donors (Lipinski definition) is 1. The molecule has 0 saturated carbocycles. The molecule has 4 heteroatoms. The second kappa shape index (κ2) is 7.36. The van der Waals surface area contributed by atoms with Crippen LogP contribution >= 0.6 is 11.3 Å². The van der Waals surface area contributed by atoms with E-state index < -0.39 is 0 Å². The summed E-state index contributed by atoms with van der Waals surface area (Å²) in [5, 5.41) is 5.48. The highest BCUT2D eigenvalue weighted by atomic mass is 32.1. The average molecular weight is 264 g/mol. The van der Waals surface area contributed by atoms with Crippen LogP contribution in [0.25, 0.3) is 0 Å². The number of methoxy groups -OCH3 is 1. The van der Waals surface area contributed by atoms with E-state index in [1.165, 1.54) is 10.4 Å². The van der Waals surface area contributed by atoms with Crippen LogP contribution in [0.3, 0.4) is 0 Å². The molecule has 0 aromatic carbocycles. The van der Waals surface area contributed by atoms with Crippen molar-refractivity contribution in [2.45, 2.75) is 19.5 Å². The largest absolute Gasteiger partial charge is 0.383 e. The first-order chi connectivity index (χ1) is 8.88. The van der Waals surface area contributed by atoms with Crippen molar-refractivity contribution in [1.29, 1.82) is 0 Å². The third kappa shape index (κ3) is 4.29. The Morgan fingerprint density at radius 2 is 2.33 bits per heavy atom. The SMILES string of the molecule is COCCNCc1ccn(CCc2cccs2)c1. The van der Waals surface area contributed by atoms with E-state index in [-0.39, 0.29) is 0 Å². The Hall–Kier alpha value is -1.10. The van der Waals surface area contributed by atoms with Crippen LogP contribution in [0.2, 0.25) is 0 Å². The molecule has 0 unspecified atom stereocenters. The number of aromatic nitrogens is 1. The number of nitrogens with zero attached hydrogens (tertiary/aromatic N) is 1. The molecular weight excluding hydrogens is 244 g/mol. The zero-order chi connectivity index (χ0) is 12.6. The highest BCUT2D eigenvalue weighted by Crippen LogP contribution is 2.10. The molecule has 3 nitrogen and oxygen atoms in total. The lowest BCUT2D eigenvalue weighted by atomic mass is 10.3. The monoisotopic (exact) mass is 264 g/mol. The summed E-state index contributed by atoms with van der Waals surface area (Å²) in [6.45, 7) is 3.63. The minimum absolute atomic E-state index is 0.763. The first kappa shape index (κ1) is 13.3. The number of nitrogens with one attached hydrogen (secondary N) is 1. The van der Waals surface area contributed by atoms with Gasteiger partial charge in [0.05, 0.1) is 6.61 Å². The summed E-state index contributed by atoms with van der Waals surface area (Å²) in [6.07, 6.45) is 5.48. The van der Waals surface area contributed by atoms with Gasteiger partial charge in [0, 0.05) is 44.0 Å². The van der Waals surface area contributed by atoms with Gasteiger partial charge >= 0.3 is 0 Å². The Morgan fingerprint density at radius 1 is 1.39 bits per heavy atom. The first-order valence-electron chi connectivity index (χ1n) is 6.25. The third-order valence-corrected chi connectivity index (χ3v) is 3.76. The number of rotatable bonds is 8. The summed E-state index contributed by atoms with van der Waals surface area (Å²) in [6, 6.07) is 6.48. The third-order valence-electron chi connectivity index (χ3n) is 2.82. The van der Waals surface area contributed by atoms with E-state index in [9.17, 15) is 0 Å². The molecule has 0 radical (unpaired) electrons. The summed E-state index contributed by atoms with van der Waals surface area (Å²) in [7, 11) is 1.72. The van der Waals surface area contributed by atoms with Gasteiger partial charge in [-0.05, 0) is 29.5 Å². The van der Waals surface area contributed by atoms with Crippen LogP contribution in [0.15, 0.2) is 36.0 Å². The van der Waals surface area contributed by atoms with E-state index >= 15 is 0 Å². The molecule has 2 aromatic rings. The molecule has 0 aliphatic heterocycles. The molecule has 0 bridgehead atoms. The van der Waals surface area contributed by atoms with E-state index in [4.69, 9.17) is 4.74 Å². The van der Waals surface area contributed by atoms with Crippen LogP contribution in [0, 0.1) is 0 Å². The predicted molar refractivity (Wildman–Crippen MR) is 76.0 cm³/mol. The lowest BCUT2D eigenvalue weighted by molar-refractivity contribution is 0.199. The maximum Gasteiger partial charge on any atom is 0.0587 e. The van der Waals surface area contributed by atoms with Crippen molar-refractivity contribution in [3.05, 3.63) is 46.4 Å². The zero-order valence-electron chi connectivity index (χ0n) is 10.8. The maximum absolute atomic E-state index is 5.00. The first-order valence-corrected chi connectivity index (χ1v) is 7.13. The van der Waals surface area contributed by atoms with E-state index in [0.717, 1.165) is 32.7 Å². The summed E-state index contributed by atoms with van der Waals surface area (Å²) in [4.78, 5) is 1.45. The van der Waals surface area contributed by atoms with E-state index in [1.807, 2.05) is 11.3 Å². The lowest BCUT2D eigenvalue weighted by Crippen LogP contribution is -2.18. The summed E-state index contributed by atoms with van der Waals surface area (Å²) < 4.78 is 7.26. The summed E-state index contributed by atoms with van der Waals surface area (Å²) in [5.41, 5.74) is 1.33. The molecular formula is C14H20N2OS. The van der Waals surface area contributed by atoms with Crippen molar-refractivity contribution in [1.82, 2.24) is 9.88 Å². The molecule has 2 rings (SSSR count). The molecule has 2 heterocycles. The Labute approximate surface area is 112 Å². The number of hydrogen-bond acceptors (Lipinski definition) is 3. The quantitative estimate of drug-likeness (QED) is 0.742. The van der Waals surface area contributed by atoms with Gasteiger partial charge in [0.2, 0.25) is 0 Å². The van der Waals surface area contributed by atoms with Gasteiger partial charge in [0.1, 0.15) is 0 Å². The fourth-order valence-electron chi connectivity index (χ4n) is 1.84. The fraction of sp³-hybridized carbons (Fsp3) is 0.429. The van der Waals surface area contributed by atoms with Crippen LogP contribution in [-0.2, 0) is 24.2 Å². The number of thiophene rings is 1. The minimum Gasteiger partial charge on any atom is -0.383 e. The smallest absolute Gasteiger partial charge is 0.0587 e. The molecule has 0 aliphatic rings. The molecule has 0 amide bonds. The van der Waals surface area contributed by atoms with Gasteiger partial charge in [-0.3, -0.25) is 0 Å². The number of aryl methyl sites for hydroxylation is 2.